The van der Waals surface area contributed by atoms with Crippen molar-refractivity contribution >= 4 is 53.9 Å². The van der Waals surface area contributed by atoms with E-state index >= 15 is 0 Å². The van der Waals surface area contributed by atoms with Crippen LogP contribution in [-0.4, -0.2) is 0 Å². The lowest BCUT2D eigenvalue weighted by molar-refractivity contribution is 1.61. The van der Waals surface area contributed by atoms with Gasteiger partial charge in [0.25, 0.3) is 0 Å². The lowest BCUT2D eigenvalue weighted by Gasteiger charge is -2.11. The zero-order chi connectivity index (χ0) is 33.0. The van der Waals surface area contributed by atoms with E-state index in [0.717, 1.165) is 0 Å². The Bertz CT molecular complexity index is 2910. The highest BCUT2D eigenvalue weighted by Gasteiger charge is 2.09. The quantitative estimate of drug-likeness (QED) is 0.169. The van der Waals surface area contributed by atoms with Crippen LogP contribution >= 0.6 is 0 Å². The largest absolute Gasteiger partial charge is 0.0622 e. The summed E-state index contributed by atoms with van der Waals surface area (Å²) in [4.78, 5) is 0. The average Bonchev–Trinajstić information content (AvgIpc) is 3.20. The number of hydrogen-bond donors (Lipinski definition) is 0. The second-order valence-electron chi connectivity index (χ2n) is 13.4. The summed E-state index contributed by atoms with van der Waals surface area (Å²) in [5.41, 5.74) is 9.91. The molecule has 0 radical (unpaired) electrons. The zero-order valence-corrected chi connectivity index (χ0v) is 27.5. The van der Waals surface area contributed by atoms with Crippen LogP contribution in [0.3, 0.4) is 0 Å². The first-order chi connectivity index (χ1) is 24.7. The smallest absolute Gasteiger partial charge is 0.0105 e. The van der Waals surface area contributed by atoms with Crippen molar-refractivity contribution in [3.05, 3.63) is 194 Å². The predicted octanol–water partition coefficient (Wildman–Crippen LogP) is 14.1. The summed E-state index contributed by atoms with van der Waals surface area (Å²) in [6.45, 7) is 0. The summed E-state index contributed by atoms with van der Waals surface area (Å²) >= 11 is 0. The Kier molecular flexibility index (Phi) is 6.60. The van der Waals surface area contributed by atoms with Crippen LogP contribution in [0.25, 0.3) is 98.4 Å². The van der Waals surface area contributed by atoms with Crippen LogP contribution in [0.2, 0.25) is 0 Å². The highest BCUT2D eigenvalue weighted by molar-refractivity contribution is 6.11. The highest BCUT2D eigenvalue weighted by atomic mass is 14.1. The molecule has 0 heterocycles. The van der Waals surface area contributed by atoms with E-state index in [9.17, 15) is 0 Å². The molecule has 0 saturated carbocycles. The fourth-order valence-corrected chi connectivity index (χ4v) is 7.74. The van der Waals surface area contributed by atoms with Crippen molar-refractivity contribution in [1.29, 1.82) is 0 Å². The Hall–Kier alpha value is -6.50. The number of hydrogen-bond acceptors (Lipinski definition) is 0. The fourth-order valence-electron chi connectivity index (χ4n) is 7.74. The van der Waals surface area contributed by atoms with Crippen LogP contribution in [0.1, 0.15) is 0 Å². The fraction of sp³-hybridized carbons (Fsp3) is 0. The van der Waals surface area contributed by atoms with E-state index in [1.807, 2.05) is 0 Å². The molecule has 0 N–H and O–H groups in total. The Balaban J connectivity index is 0.970. The summed E-state index contributed by atoms with van der Waals surface area (Å²) in [6.07, 6.45) is 0. The molecule has 0 fully saturated rings. The first-order valence-electron chi connectivity index (χ1n) is 17.3. The average molecular weight is 633 g/mol. The minimum atomic E-state index is 1.23. The van der Waals surface area contributed by atoms with Crippen LogP contribution in [0.4, 0.5) is 0 Å². The van der Waals surface area contributed by atoms with Gasteiger partial charge in [0.05, 0.1) is 0 Å². The Morgan fingerprint density at radius 1 is 0.160 bits per heavy atom. The molecule has 0 unspecified atom stereocenters. The third-order valence-corrected chi connectivity index (χ3v) is 10.4. The van der Waals surface area contributed by atoms with Crippen LogP contribution in [0.15, 0.2) is 194 Å². The third kappa shape index (κ3) is 4.93. The standard InChI is InChI=1S/C50H32/c1-2-7-33(8-3-1)38-19-23-47-43(29-38)15-16-45-31-41(21-25-49(45)47)42-22-26-50-46(32-42)18-17-44-30-40(20-24-48(44)50)37-12-6-11-36(28-37)39-14-13-34-9-4-5-10-35(34)27-39/h1-32H. The van der Waals surface area contributed by atoms with Crippen molar-refractivity contribution in [2.75, 3.05) is 0 Å². The SMILES string of the molecule is c1ccc(-c2ccc3c(ccc4cc(-c5ccc6c(ccc7cc(-c8cccc(-c9ccc%10ccccc%10c9)c8)ccc76)c5)ccc43)c2)cc1. The van der Waals surface area contributed by atoms with Gasteiger partial charge in [0.2, 0.25) is 0 Å². The van der Waals surface area contributed by atoms with E-state index in [0.29, 0.717) is 0 Å². The normalized spacial score (nSPS) is 11.6. The molecule has 0 nitrogen and oxygen atoms in total. The van der Waals surface area contributed by atoms with Gasteiger partial charge in [0.1, 0.15) is 0 Å². The lowest BCUT2D eigenvalue weighted by atomic mass is 9.93. The van der Waals surface area contributed by atoms with Gasteiger partial charge in [-0.3, -0.25) is 0 Å². The predicted molar refractivity (Wildman–Crippen MR) is 216 cm³/mol. The summed E-state index contributed by atoms with van der Waals surface area (Å²) in [5.74, 6) is 0. The van der Waals surface area contributed by atoms with Gasteiger partial charge < -0.3 is 0 Å². The molecule has 50 heavy (non-hydrogen) atoms. The van der Waals surface area contributed by atoms with Gasteiger partial charge >= 0.3 is 0 Å². The topological polar surface area (TPSA) is 0 Å². The maximum atomic E-state index is 2.34. The number of fused-ring (bicyclic) bond motifs is 7. The first-order valence-corrected chi connectivity index (χ1v) is 17.3. The van der Waals surface area contributed by atoms with Crippen molar-refractivity contribution < 1.29 is 0 Å². The minimum absolute atomic E-state index is 1.23. The van der Waals surface area contributed by atoms with Crippen molar-refractivity contribution in [2.24, 2.45) is 0 Å². The summed E-state index contributed by atoms with van der Waals surface area (Å²) in [5, 5.41) is 12.7. The lowest BCUT2D eigenvalue weighted by Crippen LogP contribution is -1.85. The molecule has 0 spiro atoms. The minimum Gasteiger partial charge on any atom is -0.0622 e. The van der Waals surface area contributed by atoms with Gasteiger partial charge in [-0.2, -0.15) is 0 Å². The molecule has 232 valence electrons. The third-order valence-electron chi connectivity index (χ3n) is 10.4. The molecule has 0 bridgehead atoms. The highest BCUT2D eigenvalue weighted by Crippen LogP contribution is 2.36. The molecule has 0 aliphatic heterocycles. The van der Waals surface area contributed by atoms with Gasteiger partial charge in [-0.25, -0.2) is 0 Å². The van der Waals surface area contributed by atoms with Crippen LogP contribution in [0, 0.1) is 0 Å². The molecule has 0 amide bonds. The van der Waals surface area contributed by atoms with Crippen molar-refractivity contribution in [1.82, 2.24) is 0 Å². The van der Waals surface area contributed by atoms with Crippen molar-refractivity contribution in [3.63, 3.8) is 0 Å². The van der Waals surface area contributed by atoms with Gasteiger partial charge in [-0.15, -0.1) is 0 Å². The van der Waals surface area contributed by atoms with Crippen LogP contribution in [-0.2, 0) is 0 Å². The van der Waals surface area contributed by atoms with E-state index in [4.69, 9.17) is 0 Å². The number of benzene rings is 10. The molecular formula is C50H32. The summed E-state index contributed by atoms with van der Waals surface area (Å²) in [6, 6.07) is 71.4. The maximum Gasteiger partial charge on any atom is -0.0105 e. The molecule has 0 saturated heterocycles. The molecule has 0 aliphatic rings. The van der Waals surface area contributed by atoms with E-state index in [1.54, 1.807) is 0 Å². The molecule has 0 heteroatoms. The van der Waals surface area contributed by atoms with Crippen molar-refractivity contribution in [2.45, 2.75) is 0 Å². The molecule has 0 atom stereocenters. The van der Waals surface area contributed by atoms with Crippen LogP contribution in [0.5, 0.6) is 0 Å². The Morgan fingerprint density at radius 3 is 0.960 bits per heavy atom. The summed E-state index contributed by atoms with van der Waals surface area (Å²) < 4.78 is 0. The Morgan fingerprint density at radius 2 is 0.480 bits per heavy atom. The van der Waals surface area contributed by atoms with E-state index in [2.05, 4.69) is 194 Å². The second kappa shape index (κ2) is 11.6. The zero-order valence-electron chi connectivity index (χ0n) is 27.5. The molecule has 10 aromatic rings. The van der Waals surface area contributed by atoms with Gasteiger partial charge in [-0.1, -0.05) is 158 Å². The molecule has 0 aliphatic carbocycles. The second-order valence-corrected chi connectivity index (χ2v) is 13.4. The van der Waals surface area contributed by atoms with Crippen molar-refractivity contribution in [3.8, 4) is 44.5 Å². The summed E-state index contributed by atoms with van der Waals surface area (Å²) in [7, 11) is 0. The maximum absolute atomic E-state index is 2.34. The molecule has 10 aromatic carbocycles. The molecular weight excluding hydrogens is 601 g/mol. The monoisotopic (exact) mass is 632 g/mol. The van der Waals surface area contributed by atoms with Crippen LogP contribution < -0.4 is 0 Å². The van der Waals surface area contributed by atoms with Gasteiger partial charge in [0.15, 0.2) is 0 Å². The van der Waals surface area contributed by atoms with Gasteiger partial charge in [0, 0.05) is 0 Å². The van der Waals surface area contributed by atoms with E-state index in [-0.39, 0.29) is 0 Å². The Labute approximate surface area is 291 Å². The first kappa shape index (κ1) is 28.5. The molecule has 0 aromatic heterocycles. The van der Waals surface area contributed by atoms with E-state index in [1.165, 1.54) is 98.4 Å². The number of rotatable bonds is 4. The van der Waals surface area contributed by atoms with Gasteiger partial charge in [-0.05, 0) is 135 Å². The molecule has 10 rings (SSSR count). The van der Waals surface area contributed by atoms with E-state index < -0.39 is 0 Å².